The van der Waals surface area contributed by atoms with Gasteiger partial charge in [0.25, 0.3) is 0 Å². The zero-order valence-corrected chi connectivity index (χ0v) is 13.9. The molecule has 116 valence electrons. The first-order valence-electron chi connectivity index (χ1n) is 8.16. The molecule has 0 aromatic heterocycles. The van der Waals surface area contributed by atoms with E-state index >= 15 is 0 Å². The molecule has 0 bridgehead atoms. The van der Waals surface area contributed by atoms with Gasteiger partial charge in [0.15, 0.2) is 0 Å². The number of rotatable bonds is 8. The van der Waals surface area contributed by atoms with E-state index in [2.05, 4.69) is 61.8 Å². The Morgan fingerprint density at radius 1 is 1.24 bits per heavy atom. The van der Waals surface area contributed by atoms with Crippen molar-refractivity contribution >= 4 is 0 Å². The van der Waals surface area contributed by atoms with E-state index in [1.165, 1.54) is 24.0 Å². The molecule has 2 rings (SSSR count). The molecule has 0 aliphatic heterocycles. The summed E-state index contributed by atoms with van der Waals surface area (Å²) < 4.78 is 0. The molecule has 1 aromatic carbocycles. The van der Waals surface area contributed by atoms with Gasteiger partial charge >= 0.3 is 0 Å². The normalized spacial score (nSPS) is 15.4. The molecule has 2 heteroatoms. The minimum atomic E-state index is 0.192. The summed E-state index contributed by atoms with van der Waals surface area (Å²) in [5.41, 5.74) is 3.14. The second-order valence-corrected chi connectivity index (χ2v) is 7.14. The summed E-state index contributed by atoms with van der Waals surface area (Å²) in [5.74, 6) is 0. The number of nitrogens with zero attached hydrogens (tertiary/aromatic N) is 1. The van der Waals surface area contributed by atoms with Gasteiger partial charge in [0.1, 0.15) is 0 Å². The van der Waals surface area contributed by atoms with Gasteiger partial charge in [-0.15, -0.1) is 6.58 Å². The Balaban J connectivity index is 1.97. The molecule has 0 saturated heterocycles. The fourth-order valence-electron chi connectivity index (χ4n) is 2.69. The van der Waals surface area contributed by atoms with Crippen LogP contribution in [-0.4, -0.2) is 29.6 Å². The van der Waals surface area contributed by atoms with E-state index in [0.29, 0.717) is 0 Å². The van der Waals surface area contributed by atoms with Crippen LogP contribution in [0.25, 0.3) is 0 Å². The predicted molar refractivity (Wildman–Crippen MR) is 91.5 cm³/mol. The van der Waals surface area contributed by atoms with E-state index in [1.807, 2.05) is 6.08 Å². The fraction of sp³-hybridized carbons (Fsp3) is 0.579. The van der Waals surface area contributed by atoms with Crippen molar-refractivity contribution < 1.29 is 0 Å². The van der Waals surface area contributed by atoms with Crippen LogP contribution in [0.3, 0.4) is 0 Å². The maximum Gasteiger partial charge on any atom is 0.0242 e. The fourth-order valence-corrected chi connectivity index (χ4v) is 2.69. The van der Waals surface area contributed by atoms with Gasteiger partial charge in [-0.05, 0) is 57.7 Å². The van der Waals surface area contributed by atoms with Crippen LogP contribution < -0.4 is 5.32 Å². The van der Waals surface area contributed by atoms with Crippen LogP contribution in [0.2, 0.25) is 0 Å². The Labute approximate surface area is 130 Å². The first kappa shape index (κ1) is 16.3. The summed E-state index contributed by atoms with van der Waals surface area (Å²) in [6.07, 6.45) is 5.82. The van der Waals surface area contributed by atoms with E-state index in [1.54, 1.807) is 0 Å². The van der Waals surface area contributed by atoms with E-state index in [-0.39, 0.29) is 5.54 Å². The number of benzene rings is 1. The van der Waals surface area contributed by atoms with Crippen LogP contribution >= 0.6 is 0 Å². The lowest BCUT2D eigenvalue weighted by Gasteiger charge is -2.23. The Kier molecular flexibility index (Phi) is 5.60. The summed E-state index contributed by atoms with van der Waals surface area (Å²) in [6.45, 7) is 13.7. The van der Waals surface area contributed by atoms with Crippen LogP contribution in [0.15, 0.2) is 36.9 Å². The molecular weight excluding hydrogens is 256 g/mol. The highest BCUT2D eigenvalue weighted by atomic mass is 15.2. The van der Waals surface area contributed by atoms with Crippen molar-refractivity contribution in [2.45, 2.75) is 58.2 Å². The van der Waals surface area contributed by atoms with Crippen LogP contribution in [0, 0.1) is 0 Å². The SMILES string of the molecule is C=CCN(Cc1ccccc1CCNC(C)(C)C)C1CC1. The summed E-state index contributed by atoms with van der Waals surface area (Å²) in [6, 6.07) is 9.66. The Morgan fingerprint density at radius 2 is 1.90 bits per heavy atom. The van der Waals surface area contributed by atoms with Crippen LogP contribution in [0.1, 0.15) is 44.7 Å². The average molecular weight is 286 g/mol. The molecular formula is C19H30N2. The van der Waals surface area contributed by atoms with Gasteiger partial charge in [-0.3, -0.25) is 4.90 Å². The lowest BCUT2D eigenvalue weighted by Crippen LogP contribution is -2.37. The van der Waals surface area contributed by atoms with Crippen molar-refractivity contribution in [1.82, 2.24) is 10.2 Å². The smallest absolute Gasteiger partial charge is 0.0242 e. The maximum atomic E-state index is 3.90. The average Bonchev–Trinajstić information content (AvgIpc) is 3.23. The maximum absolute atomic E-state index is 3.90. The minimum absolute atomic E-state index is 0.192. The van der Waals surface area contributed by atoms with Crippen molar-refractivity contribution in [3.8, 4) is 0 Å². The molecule has 0 atom stereocenters. The van der Waals surface area contributed by atoms with Gasteiger partial charge < -0.3 is 5.32 Å². The third-order valence-corrected chi connectivity index (χ3v) is 3.97. The van der Waals surface area contributed by atoms with Gasteiger partial charge in [-0.1, -0.05) is 30.3 Å². The number of hydrogen-bond donors (Lipinski definition) is 1. The number of hydrogen-bond acceptors (Lipinski definition) is 2. The Bertz CT molecular complexity index is 455. The van der Waals surface area contributed by atoms with E-state index in [4.69, 9.17) is 0 Å². The highest BCUT2D eigenvalue weighted by Gasteiger charge is 2.28. The molecule has 0 spiro atoms. The van der Waals surface area contributed by atoms with Gasteiger partial charge in [0.2, 0.25) is 0 Å². The van der Waals surface area contributed by atoms with Crippen LogP contribution in [0.5, 0.6) is 0 Å². The van der Waals surface area contributed by atoms with Crippen LogP contribution in [0.4, 0.5) is 0 Å². The summed E-state index contributed by atoms with van der Waals surface area (Å²) in [5, 5.41) is 3.58. The summed E-state index contributed by atoms with van der Waals surface area (Å²) in [4.78, 5) is 2.56. The molecule has 0 amide bonds. The largest absolute Gasteiger partial charge is 0.312 e. The zero-order chi connectivity index (χ0) is 15.3. The van der Waals surface area contributed by atoms with Crippen molar-refractivity contribution in [3.63, 3.8) is 0 Å². The molecule has 1 aromatic rings. The van der Waals surface area contributed by atoms with Gasteiger partial charge in [0, 0.05) is 24.7 Å². The molecule has 1 aliphatic carbocycles. The first-order valence-corrected chi connectivity index (χ1v) is 8.16. The predicted octanol–water partition coefficient (Wildman–Crippen LogP) is 3.77. The monoisotopic (exact) mass is 286 g/mol. The lowest BCUT2D eigenvalue weighted by atomic mass is 10.0. The molecule has 21 heavy (non-hydrogen) atoms. The molecule has 1 N–H and O–H groups in total. The van der Waals surface area contributed by atoms with Crippen molar-refractivity contribution in [2.75, 3.05) is 13.1 Å². The second kappa shape index (κ2) is 7.24. The molecule has 1 saturated carbocycles. The van der Waals surface area contributed by atoms with E-state index < -0.39 is 0 Å². The third-order valence-electron chi connectivity index (χ3n) is 3.97. The third kappa shape index (κ3) is 5.64. The highest BCUT2D eigenvalue weighted by molar-refractivity contribution is 5.27. The standard InChI is InChI=1S/C19H30N2/c1-5-14-21(18-10-11-18)15-17-9-7-6-8-16(17)12-13-20-19(2,3)4/h5-9,18,20H,1,10-15H2,2-4H3. The minimum Gasteiger partial charge on any atom is -0.312 e. The van der Waals surface area contributed by atoms with Crippen LogP contribution in [-0.2, 0) is 13.0 Å². The van der Waals surface area contributed by atoms with E-state index in [0.717, 1.165) is 32.1 Å². The van der Waals surface area contributed by atoms with Crippen molar-refractivity contribution in [2.24, 2.45) is 0 Å². The van der Waals surface area contributed by atoms with Crippen molar-refractivity contribution in [3.05, 3.63) is 48.0 Å². The Morgan fingerprint density at radius 3 is 2.48 bits per heavy atom. The van der Waals surface area contributed by atoms with Crippen molar-refractivity contribution in [1.29, 1.82) is 0 Å². The molecule has 2 nitrogen and oxygen atoms in total. The molecule has 1 fully saturated rings. The van der Waals surface area contributed by atoms with Gasteiger partial charge in [-0.25, -0.2) is 0 Å². The summed E-state index contributed by atoms with van der Waals surface area (Å²) >= 11 is 0. The highest BCUT2D eigenvalue weighted by Crippen LogP contribution is 2.28. The molecule has 1 aliphatic rings. The van der Waals surface area contributed by atoms with Gasteiger partial charge in [-0.2, -0.15) is 0 Å². The summed E-state index contributed by atoms with van der Waals surface area (Å²) in [7, 11) is 0. The lowest BCUT2D eigenvalue weighted by molar-refractivity contribution is 0.283. The molecule has 0 radical (unpaired) electrons. The second-order valence-electron chi connectivity index (χ2n) is 7.14. The topological polar surface area (TPSA) is 15.3 Å². The van der Waals surface area contributed by atoms with Gasteiger partial charge in [0.05, 0.1) is 0 Å². The van der Waals surface area contributed by atoms with E-state index in [9.17, 15) is 0 Å². The number of nitrogens with one attached hydrogen (secondary N) is 1. The molecule has 0 unspecified atom stereocenters. The molecule has 0 heterocycles. The zero-order valence-electron chi connectivity index (χ0n) is 13.9. The first-order chi connectivity index (χ1) is 9.99. The quantitative estimate of drug-likeness (QED) is 0.732. The Hall–Kier alpha value is -1.12.